The number of unbranched alkanes of at least 4 members (excludes halogenated alkanes) is 3. The van der Waals surface area contributed by atoms with Crippen molar-refractivity contribution in [2.24, 2.45) is 17.2 Å². The van der Waals surface area contributed by atoms with Gasteiger partial charge in [0.2, 0.25) is 24.1 Å². The van der Waals surface area contributed by atoms with Crippen LogP contribution in [0, 0.1) is 6.92 Å². The summed E-state index contributed by atoms with van der Waals surface area (Å²) in [7, 11) is 4.33. The van der Waals surface area contributed by atoms with Gasteiger partial charge in [0.15, 0.2) is 0 Å². The lowest BCUT2D eigenvalue weighted by Crippen LogP contribution is -2.44. The minimum Gasteiger partial charge on any atom is -0.496 e. The maximum Gasteiger partial charge on any atom is 0.255 e. The number of amides is 6. The van der Waals surface area contributed by atoms with Crippen molar-refractivity contribution in [3.8, 4) is 17.2 Å². The molecule has 3 rings (SSSR count). The van der Waals surface area contributed by atoms with Crippen LogP contribution in [-0.2, 0) is 19.2 Å². The molecule has 3 atom stereocenters. The maximum atomic E-state index is 13.9. The Morgan fingerprint density at radius 2 is 0.902 bits per heavy atom. The topological polar surface area (TPSA) is 280 Å². The molecule has 0 bridgehead atoms. The van der Waals surface area contributed by atoms with Gasteiger partial charge >= 0.3 is 0 Å². The Balaban J connectivity index is 1.83. The zero-order valence-corrected chi connectivity index (χ0v) is 35.4. The van der Waals surface area contributed by atoms with E-state index in [-0.39, 0.29) is 40.4 Å². The number of rotatable bonds is 27. The van der Waals surface area contributed by atoms with Gasteiger partial charge in [-0.3, -0.25) is 28.8 Å². The SMILES string of the molecule is COc1ccc(NC(=O)[C@H](CCCCN)NC(=O)c2cc(NC(=O)[C@H](CCCCN)NC(=O)c3cc(NC(=O)[C@H](CCCCN)NC=O)ccc3OC)ccc2OC)cc1C. The quantitative estimate of drug-likeness (QED) is 0.0396. The smallest absolute Gasteiger partial charge is 0.255 e. The van der Waals surface area contributed by atoms with Crippen LogP contribution in [0.4, 0.5) is 17.1 Å². The van der Waals surface area contributed by atoms with E-state index in [9.17, 15) is 28.8 Å². The van der Waals surface area contributed by atoms with Crippen molar-refractivity contribution < 1.29 is 43.0 Å². The molecule has 3 aromatic rings. The molecule has 0 saturated heterocycles. The molecule has 0 heterocycles. The third-order valence-corrected chi connectivity index (χ3v) is 9.76. The van der Waals surface area contributed by atoms with Crippen molar-refractivity contribution in [2.45, 2.75) is 82.8 Å². The van der Waals surface area contributed by atoms with E-state index in [4.69, 9.17) is 31.4 Å². The van der Waals surface area contributed by atoms with Crippen LogP contribution in [0.15, 0.2) is 54.6 Å². The first kappa shape index (κ1) is 49.1. The highest BCUT2D eigenvalue weighted by atomic mass is 16.5. The molecule has 61 heavy (non-hydrogen) atoms. The van der Waals surface area contributed by atoms with Crippen LogP contribution >= 0.6 is 0 Å². The number of hydrogen-bond acceptors (Lipinski definition) is 12. The molecule has 0 aliphatic rings. The number of carbonyl (C=O) groups is 6. The molecule has 0 radical (unpaired) electrons. The van der Waals surface area contributed by atoms with E-state index in [1.807, 2.05) is 6.92 Å². The fourth-order valence-electron chi connectivity index (χ4n) is 6.43. The van der Waals surface area contributed by atoms with Crippen molar-refractivity contribution >= 4 is 53.0 Å². The van der Waals surface area contributed by atoms with Gasteiger partial charge in [0.25, 0.3) is 11.8 Å². The molecular weight excluding hydrogens is 787 g/mol. The van der Waals surface area contributed by atoms with Gasteiger partial charge in [0.05, 0.1) is 32.5 Å². The minimum absolute atomic E-state index is 0.0375. The van der Waals surface area contributed by atoms with Gasteiger partial charge in [0, 0.05) is 17.1 Å². The molecule has 3 aromatic carbocycles. The van der Waals surface area contributed by atoms with Gasteiger partial charge in [0.1, 0.15) is 35.4 Å². The normalized spacial score (nSPS) is 12.2. The summed E-state index contributed by atoms with van der Waals surface area (Å²) in [6.45, 7) is 3.08. The number of hydrogen-bond donors (Lipinski definition) is 9. The Morgan fingerprint density at radius 3 is 1.26 bits per heavy atom. The highest BCUT2D eigenvalue weighted by Gasteiger charge is 2.27. The van der Waals surface area contributed by atoms with Gasteiger partial charge in [-0.1, -0.05) is 0 Å². The van der Waals surface area contributed by atoms with Crippen LogP contribution in [0.1, 0.15) is 84.1 Å². The van der Waals surface area contributed by atoms with Gasteiger partial charge in [-0.05, 0) is 145 Å². The summed E-state index contributed by atoms with van der Waals surface area (Å²) in [5.41, 5.74) is 18.9. The number of anilines is 3. The number of methoxy groups -OCH3 is 3. The number of nitrogens with two attached hydrogens (primary N) is 3. The highest BCUT2D eigenvalue weighted by molar-refractivity contribution is 6.06. The number of benzene rings is 3. The Morgan fingerprint density at radius 1 is 0.541 bits per heavy atom. The lowest BCUT2D eigenvalue weighted by Gasteiger charge is -2.21. The average molecular weight is 848 g/mol. The maximum absolute atomic E-state index is 13.9. The predicted molar refractivity (Wildman–Crippen MR) is 234 cm³/mol. The van der Waals surface area contributed by atoms with Crippen molar-refractivity contribution in [3.05, 3.63) is 71.3 Å². The number of nitrogens with one attached hydrogen (secondary N) is 6. The molecule has 0 aliphatic carbocycles. The molecule has 332 valence electrons. The Bertz CT molecular complexity index is 1940. The molecule has 0 saturated carbocycles. The zero-order chi connectivity index (χ0) is 44.7. The van der Waals surface area contributed by atoms with Crippen LogP contribution in [0.2, 0.25) is 0 Å². The van der Waals surface area contributed by atoms with Crippen molar-refractivity contribution in [1.82, 2.24) is 16.0 Å². The summed E-state index contributed by atoms with van der Waals surface area (Å²) in [5, 5.41) is 16.5. The van der Waals surface area contributed by atoms with Gasteiger partial charge in [-0.15, -0.1) is 0 Å². The third-order valence-electron chi connectivity index (χ3n) is 9.76. The van der Waals surface area contributed by atoms with E-state index in [2.05, 4.69) is 31.9 Å². The summed E-state index contributed by atoms with van der Waals surface area (Å²) >= 11 is 0. The van der Waals surface area contributed by atoms with Crippen molar-refractivity contribution in [2.75, 3.05) is 56.9 Å². The number of carbonyl (C=O) groups excluding carboxylic acids is 6. The summed E-state index contributed by atoms with van der Waals surface area (Å²) in [4.78, 5) is 79.3. The molecule has 18 heteroatoms. The minimum atomic E-state index is -1.07. The van der Waals surface area contributed by atoms with E-state index in [0.29, 0.717) is 88.8 Å². The first-order valence-electron chi connectivity index (χ1n) is 20.3. The summed E-state index contributed by atoms with van der Waals surface area (Å²) in [6.07, 6.45) is 4.91. The van der Waals surface area contributed by atoms with E-state index in [1.54, 1.807) is 37.4 Å². The van der Waals surface area contributed by atoms with Crippen LogP contribution in [0.25, 0.3) is 0 Å². The molecule has 0 fully saturated rings. The van der Waals surface area contributed by atoms with Crippen LogP contribution in [0.3, 0.4) is 0 Å². The van der Waals surface area contributed by atoms with Gasteiger partial charge < -0.3 is 63.3 Å². The first-order valence-corrected chi connectivity index (χ1v) is 20.3. The van der Waals surface area contributed by atoms with E-state index in [1.165, 1.54) is 38.5 Å². The molecule has 6 amide bonds. The van der Waals surface area contributed by atoms with Gasteiger partial charge in [-0.2, -0.15) is 0 Å². The molecule has 12 N–H and O–H groups in total. The lowest BCUT2D eigenvalue weighted by molar-refractivity contribution is -0.121. The Kier molecular flexibility index (Phi) is 21.0. The second-order valence-corrected chi connectivity index (χ2v) is 14.2. The van der Waals surface area contributed by atoms with E-state index >= 15 is 0 Å². The predicted octanol–water partition coefficient (Wildman–Crippen LogP) is 2.94. The third kappa shape index (κ3) is 15.4. The fraction of sp³-hybridized carbons (Fsp3) is 0.442. The highest BCUT2D eigenvalue weighted by Crippen LogP contribution is 2.26. The molecule has 0 aromatic heterocycles. The van der Waals surface area contributed by atoms with E-state index < -0.39 is 47.7 Å². The first-order chi connectivity index (χ1) is 29.4. The second-order valence-electron chi connectivity index (χ2n) is 14.2. The van der Waals surface area contributed by atoms with Crippen molar-refractivity contribution in [1.29, 1.82) is 0 Å². The molecular formula is C43H61N9O9. The summed E-state index contributed by atoms with van der Waals surface area (Å²) < 4.78 is 16.2. The Labute approximate surface area is 356 Å². The summed E-state index contributed by atoms with van der Waals surface area (Å²) in [5.74, 6) is -1.75. The largest absolute Gasteiger partial charge is 0.496 e. The number of aryl methyl sites for hydroxylation is 1. The monoisotopic (exact) mass is 847 g/mol. The molecule has 0 spiro atoms. The second kappa shape index (κ2) is 26.1. The Hall–Kier alpha value is -6.24. The zero-order valence-electron chi connectivity index (χ0n) is 35.4. The average Bonchev–Trinajstić information content (AvgIpc) is 3.25. The summed E-state index contributed by atoms with van der Waals surface area (Å²) in [6, 6.07) is 11.3. The fourth-order valence-corrected chi connectivity index (χ4v) is 6.43. The molecule has 0 aliphatic heterocycles. The van der Waals surface area contributed by atoms with Crippen molar-refractivity contribution in [3.63, 3.8) is 0 Å². The number of ether oxygens (including phenoxy) is 3. The standard InChI is InChI=1S/C43H61N9O9/c1-27-23-28(14-17-36(27)59-2)48-42(57)34(12-6-9-21-45)51-40(55)32-25-30(16-19-38(32)61-4)50-43(58)35(13-7-10-22-46)52-39(54)31-24-29(15-18-37(31)60-3)49-41(56)33(47-26-53)11-5-8-20-44/h14-19,23-26,33-35H,5-13,20-22,44-46H2,1-4H3,(H,47,53)(H,48,57)(H,49,56)(H,50,58)(H,51,55)(H,52,54)/t33-,34-,35-/m0/s1. The molecule has 18 nitrogen and oxygen atoms in total. The van der Waals surface area contributed by atoms with Crippen LogP contribution in [0.5, 0.6) is 17.2 Å². The lowest BCUT2D eigenvalue weighted by atomic mass is 10.1. The van der Waals surface area contributed by atoms with Gasteiger partial charge in [-0.25, -0.2) is 0 Å². The molecule has 0 unspecified atom stereocenters. The van der Waals surface area contributed by atoms with E-state index in [0.717, 1.165) is 5.56 Å². The van der Waals surface area contributed by atoms with Crippen LogP contribution < -0.4 is 63.3 Å². The van der Waals surface area contributed by atoms with Crippen LogP contribution in [-0.4, -0.2) is 95.0 Å².